The Kier molecular flexibility index (Phi) is 5.90. The van der Waals surface area contributed by atoms with E-state index in [0.29, 0.717) is 23.1 Å². The lowest BCUT2D eigenvalue weighted by molar-refractivity contribution is 0.0665. The number of ether oxygens (including phenoxy) is 1. The Morgan fingerprint density at radius 3 is 2.33 bits per heavy atom. The summed E-state index contributed by atoms with van der Waals surface area (Å²) in [6, 6.07) is 15.5. The highest BCUT2D eigenvalue weighted by atomic mass is 32.2. The first-order valence-corrected chi connectivity index (χ1v) is 9.80. The minimum Gasteiger partial charge on any atom is -0.491 e. The molecule has 27 heavy (non-hydrogen) atoms. The van der Waals surface area contributed by atoms with Crippen molar-refractivity contribution in [1.29, 1.82) is 0 Å². The number of aromatic nitrogens is 1. The topological polar surface area (TPSA) is 90.7 Å². The maximum absolute atomic E-state index is 12.3. The molecule has 0 spiro atoms. The first kappa shape index (κ1) is 19.1. The van der Waals surface area contributed by atoms with Crippen molar-refractivity contribution in [3.8, 4) is 17.0 Å². The quantitative estimate of drug-likeness (QED) is 0.471. The lowest BCUT2D eigenvalue weighted by Gasteiger charge is -2.09. The van der Waals surface area contributed by atoms with Crippen molar-refractivity contribution in [2.24, 2.45) is 0 Å². The van der Waals surface area contributed by atoms with E-state index in [-0.39, 0.29) is 18.1 Å². The molecule has 1 N–H and O–H groups in total. The fraction of sp³-hybridized carbons (Fsp3) is 0.211. The first-order chi connectivity index (χ1) is 13.0. The molecule has 0 radical (unpaired) electrons. The Bertz CT molecular complexity index is 983. The van der Waals surface area contributed by atoms with Gasteiger partial charge in [-0.25, -0.2) is 13.4 Å². The maximum atomic E-state index is 12.3. The van der Waals surface area contributed by atoms with Crippen LogP contribution in [0.15, 0.2) is 63.9 Å². The zero-order valence-corrected chi connectivity index (χ0v) is 15.8. The number of para-hydroxylation sites is 1. The van der Waals surface area contributed by atoms with Gasteiger partial charge in [0, 0.05) is 12.5 Å². The molecule has 0 amide bonds. The molecular formula is C19H20N2O5S. The Hall–Kier alpha value is -2.68. The second-order valence-corrected chi connectivity index (χ2v) is 7.40. The van der Waals surface area contributed by atoms with E-state index in [1.165, 1.54) is 12.1 Å². The van der Waals surface area contributed by atoms with Gasteiger partial charge < -0.3 is 9.15 Å². The SMILES string of the molecule is Cc1nc(-c2ccc(S(=O)(=O)NOCCOc3ccccc3)cc2)c(C)o1. The summed E-state index contributed by atoms with van der Waals surface area (Å²) in [7, 11) is -3.78. The number of rotatable bonds is 8. The molecular weight excluding hydrogens is 368 g/mol. The maximum Gasteiger partial charge on any atom is 0.262 e. The van der Waals surface area contributed by atoms with Crippen molar-refractivity contribution in [1.82, 2.24) is 9.87 Å². The van der Waals surface area contributed by atoms with Crippen LogP contribution < -0.4 is 9.62 Å². The molecule has 0 saturated carbocycles. The fourth-order valence-corrected chi connectivity index (χ4v) is 3.30. The van der Waals surface area contributed by atoms with Gasteiger partial charge in [-0.15, -0.1) is 0 Å². The lowest BCUT2D eigenvalue weighted by atomic mass is 10.1. The van der Waals surface area contributed by atoms with Crippen LogP contribution in [0.2, 0.25) is 0 Å². The molecule has 0 unspecified atom stereocenters. The minimum absolute atomic E-state index is 0.0730. The van der Waals surface area contributed by atoms with E-state index < -0.39 is 10.0 Å². The summed E-state index contributed by atoms with van der Waals surface area (Å²) in [6.45, 7) is 3.87. The van der Waals surface area contributed by atoms with E-state index in [9.17, 15) is 8.42 Å². The van der Waals surface area contributed by atoms with E-state index in [1.54, 1.807) is 19.1 Å². The Morgan fingerprint density at radius 2 is 1.70 bits per heavy atom. The molecule has 0 atom stereocenters. The summed E-state index contributed by atoms with van der Waals surface area (Å²) in [5, 5.41) is 0. The predicted molar refractivity (Wildman–Crippen MR) is 99.6 cm³/mol. The first-order valence-electron chi connectivity index (χ1n) is 8.31. The van der Waals surface area contributed by atoms with Crippen LogP contribution in [-0.2, 0) is 14.9 Å². The average molecular weight is 388 g/mol. The summed E-state index contributed by atoms with van der Waals surface area (Å²) in [5.41, 5.74) is 1.47. The normalized spacial score (nSPS) is 11.5. The highest BCUT2D eigenvalue weighted by molar-refractivity contribution is 7.89. The smallest absolute Gasteiger partial charge is 0.262 e. The summed E-state index contributed by atoms with van der Waals surface area (Å²) in [5.74, 6) is 1.94. The molecule has 3 aromatic rings. The number of sulfonamides is 1. The summed E-state index contributed by atoms with van der Waals surface area (Å²) >= 11 is 0. The van der Waals surface area contributed by atoms with Gasteiger partial charge >= 0.3 is 0 Å². The monoisotopic (exact) mass is 388 g/mol. The number of hydrogen-bond acceptors (Lipinski definition) is 6. The molecule has 0 fully saturated rings. The van der Waals surface area contributed by atoms with Crippen LogP contribution in [-0.4, -0.2) is 26.6 Å². The van der Waals surface area contributed by atoms with Crippen LogP contribution in [0.4, 0.5) is 0 Å². The zero-order chi connectivity index (χ0) is 19.3. The molecule has 3 rings (SSSR count). The van der Waals surface area contributed by atoms with Gasteiger partial charge in [-0.3, -0.25) is 4.84 Å². The second kappa shape index (κ2) is 8.34. The van der Waals surface area contributed by atoms with Crippen molar-refractivity contribution in [3.05, 3.63) is 66.2 Å². The zero-order valence-electron chi connectivity index (χ0n) is 15.0. The van der Waals surface area contributed by atoms with Crippen molar-refractivity contribution < 1.29 is 22.4 Å². The number of hydrogen-bond donors (Lipinski definition) is 1. The lowest BCUT2D eigenvalue weighted by Crippen LogP contribution is -2.26. The third-order valence-corrected chi connectivity index (χ3v) is 4.94. The van der Waals surface area contributed by atoms with E-state index in [2.05, 4.69) is 9.87 Å². The molecule has 1 aromatic heterocycles. The fourth-order valence-electron chi connectivity index (χ4n) is 2.47. The van der Waals surface area contributed by atoms with E-state index in [1.807, 2.05) is 37.3 Å². The Balaban J connectivity index is 1.54. The molecule has 0 aliphatic rings. The van der Waals surface area contributed by atoms with Gasteiger partial charge in [-0.1, -0.05) is 35.2 Å². The predicted octanol–water partition coefficient (Wildman–Crippen LogP) is 3.25. The molecule has 0 bridgehead atoms. The van der Waals surface area contributed by atoms with Crippen LogP contribution in [0.1, 0.15) is 11.7 Å². The third kappa shape index (κ3) is 4.94. The number of aryl methyl sites for hydroxylation is 2. The highest BCUT2D eigenvalue weighted by Crippen LogP contribution is 2.24. The van der Waals surface area contributed by atoms with Crippen molar-refractivity contribution in [2.75, 3.05) is 13.2 Å². The largest absolute Gasteiger partial charge is 0.491 e. The summed E-state index contributed by atoms with van der Waals surface area (Å²) in [6.07, 6.45) is 0. The molecule has 142 valence electrons. The van der Waals surface area contributed by atoms with Gasteiger partial charge in [0.1, 0.15) is 30.4 Å². The number of nitrogens with one attached hydrogen (secondary N) is 1. The number of nitrogens with zero attached hydrogens (tertiary/aromatic N) is 1. The van der Waals surface area contributed by atoms with E-state index in [0.717, 1.165) is 5.56 Å². The van der Waals surface area contributed by atoms with Crippen LogP contribution in [0.25, 0.3) is 11.3 Å². The average Bonchev–Trinajstić information content (AvgIpc) is 3.00. The van der Waals surface area contributed by atoms with Gasteiger partial charge in [-0.2, -0.15) is 0 Å². The molecule has 0 aliphatic carbocycles. The van der Waals surface area contributed by atoms with E-state index >= 15 is 0 Å². The molecule has 2 aromatic carbocycles. The van der Waals surface area contributed by atoms with E-state index in [4.69, 9.17) is 14.0 Å². The Labute approximate surface area is 158 Å². The molecule has 0 saturated heterocycles. The van der Waals surface area contributed by atoms with Crippen molar-refractivity contribution in [3.63, 3.8) is 0 Å². The van der Waals surface area contributed by atoms with Crippen LogP contribution in [0.3, 0.4) is 0 Å². The minimum atomic E-state index is -3.78. The van der Waals surface area contributed by atoms with Crippen molar-refractivity contribution >= 4 is 10.0 Å². The number of oxazole rings is 1. The highest BCUT2D eigenvalue weighted by Gasteiger charge is 2.15. The second-order valence-electron chi connectivity index (χ2n) is 5.76. The molecule has 1 heterocycles. The van der Waals surface area contributed by atoms with Gasteiger partial charge in [-0.05, 0) is 31.2 Å². The summed E-state index contributed by atoms with van der Waals surface area (Å²) in [4.78, 5) is 11.5. The van der Waals surface area contributed by atoms with Gasteiger partial charge in [0.15, 0.2) is 5.89 Å². The number of benzene rings is 2. The molecule has 7 nitrogen and oxygen atoms in total. The van der Waals surface area contributed by atoms with Crippen LogP contribution >= 0.6 is 0 Å². The van der Waals surface area contributed by atoms with Gasteiger partial charge in [0.2, 0.25) is 0 Å². The molecule has 8 heteroatoms. The summed E-state index contributed by atoms with van der Waals surface area (Å²) < 4.78 is 35.4. The van der Waals surface area contributed by atoms with Gasteiger partial charge in [0.25, 0.3) is 10.0 Å². The van der Waals surface area contributed by atoms with Gasteiger partial charge in [0.05, 0.1) is 4.90 Å². The third-order valence-electron chi connectivity index (χ3n) is 3.71. The molecule has 0 aliphatic heterocycles. The van der Waals surface area contributed by atoms with Crippen molar-refractivity contribution in [2.45, 2.75) is 18.7 Å². The van der Waals surface area contributed by atoms with Crippen LogP contribution in [0, 0.1) is 13.8 Å². The standard InChI is InChI=1S/C19H20N2O5S/c1-14-19(20-15(2)26-14)16-8-10-18(11-9-16)27(22,23)21-25-13-12-24-17-6-4-3-5-7-17/h3-11,21H,12-13H2,1-2H3. The Morgan fingerprint density at radius 1 is 1.00 bits per heavy atom. The van der Waals surface area contributed by atoms with Crippen LogP contribution in [0.5, 0.6) is 5.75 Å².